The summed E-state index contributed by atoms with van der Waals surface area (Å²) in [5, 5.41) is 16.7. The van der Waals surface area contributed by atoms with E-state index in [9.17, 15) is 4.79 Å². The fourth-order valence-corrected chi connectivity index (χ4v) is 1.19. The number of methoxy groups -OCH3 is 1. The van der Waals surface area contributed by atoms with E-state index in [0.717, 1.165) is 4.80 Å². The first-order valence-corrected chi connectivity index (χ1v) is 4.36. The molecule has 82 valence electrons. The van der Waals surface area contributed by atoms with E-state index in [4.69, 9.17) is 9.84 Å². The quantitative estimate of drug-likeness (QED) is 0.803. The minimum Gasteiger partial charge on any atom is -0.495 e. The van der Waals surface area contributed by atoms with Crippen LogP contribution in [0.5, 0.6) is 5.75 Å². The highest BCUT2D eigenvalue weighted by Gasteiger charge is 2.15. The van der Waals surface area contributed by atoms with Crippen molar-refractivity contribution in [1.29, 1.82) is 0 Å². The molecule has 0 spiro atoms. The van der Waals surface area contributed by atoms with Crippen LogP contribution in [0.1, 0.15) is 10.4 Å². The van der Waals surface area contributed by atoms with E-state index in [1.165, 1.54) is 31.8 Å². The molecule has 0 aliphatic rings. The SMILES string of the molecule is COc1cnc(-n2nccn2)c(C(=O)O)c1. The van der Waals surface area contributed by atoms with Gasteiger partial charge in [-0.25, -0.2) is 9.78 Å². The zero-order valence-corrected chi connectivity index (χ0v) is 8.36. The molecule has 2 aromatic rings. The van der Waals surface area contributed by atoms with Crippen molar-refractivity contribution in [3.05, 3.63) is 30.2 Å². The van der Waals surface area contributed by atoms with Gasteiger partial charge in [-0.3, -0.25) is 0 Å². The summed E-state index contributed by atoms with van der Waals surface area (Å²) in [7, 11) is 1.44. The summed E-state index contributed by atoms with van der Waals surface area (Å²) in [5.41, 5.74) is -0.0180. The molecule has 0 bridgehead atoms. The maximum Gasteiger partial charge on any atom is 0.339 e. The number of rotatable bonds is 3. The van der Waals surface area contributed by atoms with Crippen LogP contribution in [-0.2, 0) is 0 Å². The van der Waals surface area contributed by atoms with Crippen LogP contribution in [0.3, 0.4) is 0 Å². The van der Waals surface area contributed by atoms with Crippen LogP contribution in [0.2, 0.25) is 0 Å². The molecule has 0 unspecified atom stereocenters. The molecule has 7 nitrogen and oxygen atoms in total. The third-order valence-corrected chi connectivity index (χ3v) is 1.92. The molecular formula is C9H8N4O3. The summed E-state index contributed by atoms with van der Waals surface area (Å²) in [5.74, 6) is -0.592. The Morgan fingerprint density at radius 2 is 2.12 bits per heavy atom. The van der Waals surface area contributed by atoms with Gasteiger partial charge in [0.25, 0.3) is 0 Å². The lowest BCUT2D eigenvalue weighted by Crippen LogP contribution is -2.10. The molecule has 0 aliphatic heterocycles. The number of carboxylic acids is 1. The van der Waals surface area contributed by atoms with Gasteiger partial charge in [0.05, 0.1) is 25.7 Å². The molecule has 0 fully saturated rings. The van der Waals surface area contributed by atoms with Gasteiger partial charge in [-0.1, -0.05) is 0 Å². The number of pyridine rings is 1. The summed E-state index contributed by atoms with van der Waals surface area (Å²) < 4.78 is 4.90. The predicted octanol–water partition coefficient (Wildman–Crippen LogP) is 0.369. The number of aromatic nitrogens is 4. The number of carbonyl (C=O) groups is 1. The molecule has 0 aromatic carbocycles. The highest BCUT2D eigenvalue weighted by atomic mass is 16.5. The number of hydrogen-bond donors (Lipinski definition) is 1. The van der Waals surface area contributed by atoms with Gasteiger partial charge < -0.3 is 9.84 Å². The molecule has 0 saturated carbocycles. The largest absolute Gasteiger partial charge is 0.495 e. The molecule has 0 aliphatic carbocycles. The van der Waals surface area contributed by atoms with Crippen molar-refractivity contribution in [2.45, 2.75) is 0 Å². The standard InChI is InChI=1S/C9H8N4O3/c1-16-6-4-7(9(14)15)8(10-5-6)13-11-2-3-12-13/h2-5H,1H3,(H,14,15). The van der Waals surface area contributed by atoms with Gasteiger partial charge in [-0.2, -0.15) is 10.2 Å². The molecule has 16 heavy (non-hydrogen) atoms. The van der Waals surface area contributed by atoms with Crippen LogP contribution in [0.25, 0.3) is 5.82 Å². The van der Waals surface area contributed by atoms with Crippen molar-refractivity contribution in [2.24, 2.45) is 0 Å². The Bertz CT molecular complexity index is 509. The van der Waals surface area contributed by atoms with Crippen molar-refractivity contribution in [2.75, 3.05) is 7.11 Å². The average Bonchev–Trinajstić information content (AvgIpc) is 2.81. The smallest absolute Gasteiger partial charge is 0.339 e. The van der Waals surface area contributed by atoms with Crippen LogP contribution < -0.4 is 4.74 Å². The Morgan fingerprint density at radius 3 is 2.69 bits per heavy atom. The first-order chi connectivity index (χ1) is 7.72. The molecule has 2 aromatic heterocycles. The Balaban J connectivity index is 2.57. The van der Waals surface area contributed by atoms with Crippen molar-refractivity contribution in [3.63, 3.8) is 0 Å². The topological polar surface area (TPSA) is 90.1 Å². The Morgan fingerprint density at radius 1 is 1.44 bits per heavy atom. The number of hydrogen-bond acceptors (Lipinski definition) is 5. The van der Waals surface area contributed by atoms with Crippen LogP contribution in [-0.4, -0.2) is 38.2 Å². The number of ether oxygens (including phenoxy) is 1. The van der Waals surface area contributed by atoms with Gasteiger partial charge in [0.15, 0.2) is 5.82 Å². The zero-order chi connectivity index (χ0) is 11.5. The van der Waals surface area contributed by atoms with Crippen molar-refractivity contribution in [3.8, 4) is 11.6 Å². The number of aromatic carboxylic acids is 1. The van der Waals surface area contributed by atoms with E-state index in [0.29, 0.717) is 5.75 Å². The van der Waals surface area contributed by atoms with E-state index >= 15 is 0 Å². The summed E-state index contributed by atoms with van der Waals surface area (Å²) in [6, 6.07) is 1.37. The van der Waals surface area contributed by atoms with Crippen LogP contribution in [0, 0.1) is 0 Å². The third-order valence-electron chi connectivity index (χ3n) is 1.92. The predicted molar refractivity (Wildman–Crippen MR) is 52.7 cm³/mol. The fraction of sp³-hybridized carbons (Fsp3) is 0.111. The van der Waals surface area contributed by atoms with E-state index in [-0.39, 0.29) is 11.4 Å². The Labute approximate surface area is 90.3 Å². The van der Waals surface area contributed by atoms with Gasteiger partial charge in [0.1, 0.15) is 11.3 Å². The highest BCUT2D eigenvalue weighted by molar-refractivity contribution is 5.91. The van der Waals surface area contributed by atoms with Gasteiger partial charge in [0.2, 0.25) is 0 Å². The number of carboxylic acid groups (broad SMARTS) is 1. The van der Waals surface area contributed by atoms with Crippen LogP contribution in [0.4, 0.5) is 0 Å². The minimum absolute atomic E-state index is 0.0180. The molecule has 0 amide bonds. The lowest BCUT2D eigenvalue weighted by molar-refractivity contribution is 0.0695. The van der Waals surface area contributed by atoms with E-state index < -0.39 is 5.97 Å². The molecule has 7 heteroatoms. The van der Waals surface area contributed by atoms with E-state index in [1.807, 2.05) is 0 Å². The van der Waals surface area contributed by atoms with E-state index in [1.54, 1.807) is 0 Å². The van der Waals surface area contributed by atoms with Crippen molar-refractivity contribution < 1.29 is 14.6 Å². The molecular weight excluding hydrogens is 212 g/mol. The zero-order valence-electron chi connectivity index (χ0n) is 8.36. The van der Waals surface area contributed by atoms with Gasteiger partial charge >= 0.3 is 5.97 Å². The lowest BCUT2D eigenvalue weighted by Gasteiger charge is -2.05. The third kappa shape index (κ3) is 1.70. The molecule has 2 rings (SSSR count). The second-order valence-corrected chi connectivity index (χ2v) is 2.87. The van der Waals surface area contributed by atoms with Crippen molar-refractivity contribution >= 4 is 5.97 Å². The molecule has 0 radical (unpaired) electrons. The normalized spacial score (nSPS) is 10.1. The second-order valence-electron chi connectivity index (χ2n) is 2.87. The Kier molecular flexibility index (Phi) is 2.50. The number of nitrogens with zero attached hydrogens (tertiary/aromatic N) is 4. The average molecular weight is 220 g/mol. The molecule has 2 heterocycles. The molecule has 1 N–H and O–H groups in total. The Hall–Kier alpha value is -2.44. The molecule has 0 saturated heterocycles. The van der Waals surface area contributed by atoms with Gasteiger partial charge in [-0.05, 0) is 0 Å². The molecule has 0 atom stereocenters. The maximum atomic E-state index is 11.0. The maximum absolute atomic E-state index is 11.0. The van der Waals surface area contributed by atoms with Crippen molar-refractivity contribution in [1.82, 2.24) is 20.0 Å². The van der Waals surface area contributed by atoms with Crippen LogP contribution in [0.15, 0.2) is 24.7 Å². The summed E-state index contributed by atoms with van der Waals surface area (Å²) in [6.07, 6.45) is 4.29. The summed E-state index contributed by atoms with van der Waals surface area (Å²) >= 11 is 0. The van der Waals surface area contributed by atoms with E-state index in [2.05, 4.69) is 15.2 Å². The fourth-order valence-electron chi connectivity index (χ4n) is 1.19. The summed E-state index contributed by atoms with van der Waals surface area (Å²) in [4.78, 5) is 16.1. The first kappa shape index (κ1) is 10.1. The lowest BCUT2D eigenvalue weighted by atomic mass is 10.2. The summed E-state index contributed by atoms with van der Waals surface area (Å²) in [6.45, 7) is 0. The second kappa shape index (κ2) is 3.97. The highest BCUT2D eigenvalue weighted by Crippen LogP contribution is 2.16. The first-order valence-electron chi connectivity index (χ1n) is 4.36. The minimum atomic E-state index is -1.11. The monoisotopic (exact) mass is 220 g/mol. The van der Waals surface area contributed by atoms with Gasteiger partial charge in [0, 0.05) is 6.07 Å². The van der Waals surface area contributed by atoms with Gasteiger partial charge in [-0.15, -0.1) is 4.80 Å². The van der Waals surface area contributed by atoms with Crippen LogP contribution >= 0.6 is 0 Å².